The number of Topliss-reactive ketones (excluding diaryl/α,β-unsaturated/α-hetero) is 1. The van der Waals surface area contributed by atoms with Gasteiger partial charge in [0.2, 0.25) is 0 Å². The Morgan fingerprint density at radius 1 is 1.28 bits per heavy atom. The number of nitrogens with zero attached hydrogens (tertiary/aromatic N) is 2. The van der Waals surface area contributed by atoms with Crippen molar-refractivity contribution in [3.8, 4) is 6.07 Å². The Balaban J connectivity index is 2.13. The van der Waals surface area contributed by atoms with Gasteiger partial charge in [-0.3, -0.25) is 9.59 Å². The molecule has 1 atom stereocenters. The predicted molar refractivity (Wildman–Crippen MR) is 96.2 cm³/mol. The molecule has 1 heterocycles. The van der Waals surface area contributed by atoms with E-state index in [1.807, 2.05) is 6.07 Å². The number of aromatic amines is 1. The molecular weight excluding hydrogens is 361 g/mol. The Kier molecular flexibility index (Phi) is 4.58. The molecule has 0 aliphatic rings. The van der Waals surface area contributed by atoms with E-state index >= 15 is 0 Å². The maximum Gasteiger partial charge on any atom is 0.259 e. The normalized spacial score (nSPS) is 11.9. The van der Waals surface area contributed by atoms with Gasteiger partial charge in [-0.2, -0.15) is 5.26 Å². The van der Waals surface area contributed by atoms with Crippen LogP contribution in [0, 0.1) is 18.3 Å². The number of H-pyrrole nitrogens is 1. The molecule has 0 fully saturated rings. The average molecular weight is 372 g/mol. The highest BCUT2D eigenvalue weighted by atomic mass is 35.5. The van der Waals surface area contributed by atoms with E-state index in [9.17, 15) is 14.9 Å². The molecule has 0 saturated carbocycles. The second-order valence-electron chi connectivity index (χ2n) is 5.47. The maximum absolute atomic E-state index is 12.7. The molecule has 1 unspecified atom stereocenters. The van der Waals surface area contributed by atoms with Crippen molar-refractivity contribution < 1.29 is 4.79 Å². The number of hydrogen-bond acceptors (Lipinski definition) is 4. The van der Waals surface area contributed by atoms with E-state index in [1.54, 1.807) is 25.1 Å². The third-order valence-electron chi connectivity index (χ3n) is 3.82. The first-order valence-electron chi connectivity index (χ1n) is 7.31. The minimum atomic E-state index is -1.28. The molecule has 0 bridgehead atoms. The molecule has 2 aromatic carbocycles. The molecule has 3 rings (SSSR count). The number of ketones is 1. The van der Waals surface area contributed by atoms with Gasteiger partial charge in [0.1, 0.15) is 5.82 Å². The summed E-state index contributed by atoms with van der Waals surface area (Å²) < 4.78 is 0. The van der Waals surface area contributed by atoms with Gasteiger partial charge in [0.05, 0.1) is 22.0 Å². The SMILES string of the molecule is Cc1cccc2nc(C(C#N)C(=O)c3ccc(Cl)cc3Cl)[nH]c(=O)c12. The van der Waals surface area contributed by atoms with Gasteiger partial charge in [-0.1, -0.05) is 35.3 Å². The van der Waals surface area contributed by atoms with Gasteiger partial charge in [-0.15, -0.1) is 0 Å². The number of rotatable bonds is 3. The fourth-order valence-corrected chi connectivity index (χ4v) is 3.10. The van der Waals surface area contributed by atoms with Crippen LogP contribution >= 0.6 is 23.2 Å². The van der Waals surface area contributed by atoms with Crippen molar-refractivity contribution in [1.82, 2.24) is 9.97 Å². The van der Waals surface area contributed by atoms with E-state index in [2.05, 4.69) is 9.97 Å². The summed E-state index contributed by atoms with van der Waals surface area (Å²) in [5, 5.41) is 10.4. The largest absolute Gasteiger partial charge is 0.308 e. The van der Waals surface area contributed by atoms with Crippen LogP contribution in [0.3, 0.4) is 0 Å². The van der Waals surface area contributed by atoms with E-state index in [4.69, 9.17) is 23.2 Å². The molecule has 0 aliphatic carbocycles. The van der Waals surface area contributed by atoms with Crippen LogP contribution in [-0.2, 0) is 0 Å². The van der Waals surface area contributed by atoms with Gasteiger partial charge in [0.25, 0.3) is 5.56 Å². The number of halogens is 2. The fourth-order valence-electron chi connectivity index (χ4n) is 2.60. The number of nitriles is 1. The van der Waals surface area contributed by atoms with Gasteiger partial charge in [-0.05, 0) is 36.8 Å². The van der Waals surface area contributed by atoms with Crippen LogP contribution < -0.4 is 5.56 Å². The summed E-state index contributed by atoms with van der Waals surface area (Å²) in [4.78, 5) is 31.9. The van der Waals surface area contributed by atoms with Crippen LogP contribution in [0.25, 0.3) is 10.9 Å². The maximum atomic E-state index is 12.7. The molecule has 25 heavy (non-hydrogen) atoms. The zero-order valence-corrected chi connectivity index (χ0v) is 14.5. The Hall–Kier alpha value is -2.68. The number of carbonyl (C=O) groups is 1. The molecule has 3 aromatic rings. The Labute approximate surface area is 152 Å². The lowest BCUT2D eigenvalue weighted by atomic mass is 9.97. The lowest BCUT2D eigenvalue weighted by Crippen LogP contribution is -2.20. The molecule has 0 saturated heterocycles. The predicted octanol–water partition coefficient (Wildman–Crippen LogP) is 4.03. The molecule has 124 valence electrons. The lowest BCUT2D eigenvalue weighted by molar-refractivity contribution is 0.0976. The zero-order valence-electron chi connectivity index (χ0n) is 13.0. The Morgan fingerprint density at radius 2 is 2.04 bits per heavy atom. The van der Waals surface area contributed by atoms with E-state index in [0.29, 0.717) is 15.9 Å². The number of benzene rings is 2. The van der Waals surface area contributed by atoms with Crippen LogP contribution in [0.1, 0.15) is 27.7 Å². The van der Waals surface area contributed by atoms with Crippen LogP contribution in [0.15, 0.2) is 41.2 Å². The number of aromatic nitrogens is 2. The number of aryl methyl sites for hydroxylation is 1. The number of fused-ring (bicyclic) bond motifs is 1. The minimum Gasteiger partial charge on any atom is -0.308 e. The highest BCUT2D eigenvalue weighted by Gasteiger charge is 2.26. The quantitative estimate of drug-likeness (QED) is 0.704. The van der Waals surface area contributed by atoms with Crippen LogP contribution in [0.4, 0.5) is 0 Å². The van der Waals surface area contributed by atoms with Crippen LogP contribution in [0.2, 0.25) is 10.0 Å². The third-order valence-corrected chi connectivity index (χ3v) is 4.37. The first-order valence-corrected chi connectivity index (χ1v) is 8.06. The molecule has 5 nitrogen and oxygen atoms in total. The van der Waals surface area contributed by atoms with Crippen molar-refractivity contribution in [3.05, 3.63) is 73.7 Å². The van der Waals surface area contributed by atoms with Gasteiger partial charge in [0.15, 0.2) is 11.7 Å². The van der Waals surface area contributed by atoms with E-state index in [0.717, 1.165) is 5.56 Å². The molecule has 7 heteroatoms. The Morgan fingerprint density at radius 3 is 2.72 bits per heavy atom. The monoisotopic (exact) mass is 371 g/mol. The van der Waals surface area contributed by atoms with Crippen molar-refractivity contribution in [2.75, 3.05) is 0 Å². The highest BCUT2D eigenvalue weighted by Crippen LogP contribution is 2.26. The summed E-state index contributed by atoms with van der Waals surface area (Å²) in [6.45, 7) is 1.79. The second kappa shape index (κ2) is 6.67. The summed E-state index contributed by atoms with van der Waals surface area (Å²) in [6.07, 6.45) is 0. The molecule has 0 amide bonds. The van der Waals surface area contributed by atoms with Crippen LogP contribution in [0.5, 0.6) is 0 Å². The van der Waals surface area contributed by atoms with Crippen molar-refractivity contribution >= 4 is 39.9 Å². The summed E-state index contributed by atoms with van der Waals surface area (Å²) >= 11 is 11.9. The topological polar surface area (TPSA) is 86.6 Å². The molecule has 0 radical (unpaired) electrons. The number of nitrogens with one attached hydrogen (secondary N) is 1. The standard InChI is InChI=1S/C18H11Cl2N3O2/c1-9-3-2-4-14-15(9)18(25)23-17(22-14)12(8-21)16(24)11-6-5-10(19)7-13(11)20/h2-7,12H,1H3,(H,22,23,25). The lowest BCUT2D eigenvalue weighted by Gasteiger charge is -2.10. The number of carbonyl (C=O) groups excluding carboxylic acids is 1. The first kappa shape index (κ1) is 17.2. The van der Waals surface area contributed by atoms with Gasteiger partial charge in [0, 0.05) is 10.6 Å². The van der Waals surface area contributed by atoms with Crippen LogP contribution in [-0.4, -0.2) is 15.8 Å². The smallest absolute Gasteiger partial charge is 0.259 e. The van der Waals surface area contributed by atoms with Crippen molar-refractivity contribution in [2.45, 2.75) is 12.8 Å². The summed E-state index contributed by atoms with van der Waals surface area (Å²) in [6, 6.07) is 11.5. The van der Waals surface area contributed by atoms with Crippen molar-refractivity contribution in [2.24, 2.45) is 0 Å². The van der Waals surface area contributed by atoms with E-state index < -0.39 is 17.3 Å². The summed E-state index contributed by atoms with van der Waals surface area (Å²) in [7, 11) is 0. The zero-order chi connectivity index (χ0) is 18.1. The van der Waals surface area contributed by atoms with Gasteiger partial charge >= 0.3 is 0 Å². The minimum absolute atomic E-state index is 0.0124. The molecule has 0 spiro atoms. The summed E-state index contributed by atoms with van der Waals surface area (Å²) in [5.41, 5.74) is 0.936. The van der Waals surface area contributed by atoms with E-state index in [-0.39, 0.29) is 16.4 Å². The van der Waals surface area contributed by atoms with Crippen molar-refractivity contribution in [1.29, 1.82) is 5.26 Å². The third kappa shape index (κ3) is 3.14. The molecular formula is C18H11Cl2N3O2. The molecule has 1 aromatic heterocycles. The number of hydrogen-bond donors (Lipinski definition) is 1. The first-order chi connectivity index (χ1) is 11.9. The average Bonchev–Trinajstić information content (AvgIpc) is 2.55. The fraction of sp³-hybridized carbons (Fsp3) is 0.111. The van der Waals surface area contributed by atoms with Gasteiger partial charge in [-0.25, -0.2) is 4.98 Å². The van der Waals surface area contributed by atoms with Gasteiger partial charge < -0.3 is 4.98 Å². The molecule has 0 aliphatic heterocycles. The Bertz CT molecular complexity index is 1100. The summed E-state index contributed by atoms with van der Waals surface area (Å²) in [5.74, 6) is -1.85. The second-order valence-corrected chi connectivity index (χ2v) is 6.31. The highest BCUT2D eigenvalue weighted by molar-refractivity contribution is 6.37. The molecule has 1 N–H and O–H groups in total. The van der Waals surface area contributed by atoms with Crippen molar-refractivity contribution in [3.63, 3.8) is 0 Å². The van der Waals surface area contributed by atoms with E-state index in [1.165, 1.54) is 18.2 Å².